The van der Waals surface area contributed by atoms with Gasteiger partial charge in [0, 0.05) is 180 Å². The Kier molecular flexibility index (Phi) is 40.8. The summed E-state index contributed by atoms with van der Waals surface area (Å²) in [5, 5.41) is 94.6. The fourth-order valence-electron chi connectivity index (χ4n) is 15.1. The molecule has 0 aliphatic rings. The number of ether oxygens (including phenoxy) is 14. The maximum atomic E-state index is 11.0. The zero-order valence-electron chi connectivity index (χ0n) is 78.1. The Bertz CT molecular complexity index is 5140. The number of para-hydroxylation sites is 2. The van der Waals surface area contributed by atoms with E-state index in [0.717, 1.165) is 111 Å². The quantitative estimate of drug-likeness (QED) is 0.0174. The second-order valence-electron chi connectivity index (χ2n) is 31.9. The van der Waals surface area contributed by atoms with Crippen molar-refractivity contribution < 1.29 is 112 Å². The topological polar surface area (TPSA) is 311 Å². The molecule has 130 heavy (non-hydrogen) atoms. The molecule has 0 aliphatic carbocycles. The van der Waals surface area contributed by atoms with Crippen LogP contribution in [0.15, 0.2) is 212 Å². The van der Waals surface area contributed by atoms with Gasteiger partial charge in [-0.25, -0.2) is 0 Å². The Morgan fingerprint density at radius 2 is 0.415 bits per heavy atom. The molecule has 0 amide bonds. The molecule has 0 atom stereocenters. The fraction of sp³-hybridized carbons (Fsp3) is 0.327. The maximum absolute atomic E-state index is 11.0. The molecule has 0 fully saturated rings. The average molecular weight is 1780 g/mol. The summed E-state index contributed by atoms with van der Waals surface area (Å²) in [6, 6.07) is 67.9. The van der Waals surface area contributed by atoms with Crippen LogP contribution in [0.25, 0.3) is 44.5 Å². The molecule has 0 aromatic heterocycles. The number of rotatable bonds is 38. The van der Waals surface area contributed by atoms with Crippen molar-refractivity contribution in [3.8, 4) is 108 Å². The lowest BCUT2D eigenvalue weighted by Crippen LogP contribution is -2.20. The molecule has 9 N–H and O–H groups in total. The van der Waals surface area contributed by atoms with E-state index in [0.29, 0.717) is 117 Å². The highest BCUT2D eigenvalue weighted by atomic mass is 16.5. The molecular formula is C107H128O23. The van der Waals surface area contributed by atoms with Gasteiger partial charge in [-0.1, -0.05) is 155 Å². The zero-order chi connectivity index (χ0) is 94.6. The molecular weight excluding hydrogens is 1650 g/mol. The minimum absolute atomic E-state index is 0.0745. The maximum Gasteiger partial charge on any atom is 0.163 e. The second-order valence-corrected chi connectivity index (χ2v) is 31.9. The van der Waals surface area contributed by atoms with Gasteiger partial charge in [-0.05, 0) is 166 Å². The van der Waals surface area contributed by atoms with Crippen LogP contribution in [-0.2, 0) is 153 Å². The van der Waals surface area contributed by atoms with Crippen LogP contribution in [0, 0.1) is 0 Å². The molecule has 0 radical (unpaired) electrons. The van der Waals surface area contributed by atoms with E-state index >= 15 is 0 Å². The number of hydrogen-bond donors (Lipinski definition) is 9. The van der Waals surface area contributed by atoms with Gasteiger partial charge in [-0.2, -0.15) is 0 Å². The first-order valence-corrected chi connectivity index (χ1v) is 42.5. The Hall–Kier alpha value is -12.0. The van der Waals surface area contributed by atoms with Gasteiger partial charge in [0.2, 0.25) is 0 Å². The minimum atomic E-state index is -0.445. The summed E-state index contributed by atoms with van der Waals surface area (Å²) in [5.41, 5.74) is 20.4. The minimum Gasteiger partial charge on any atom is -0.507 e. The van der Waals surface area contributed by atoms with Gasteiger partial charge in [0.25, 0.3) is 0 Å². The van der Waals surface area contributed by atoms with Gasteiger partial charge < -0.3 is 112 Å². The van der Waals surface area contributed by atoms with Gasteiger partial charge in [-0.15, -0.1) is 0 Å². The van der Waals surface area contributed by atoms with Crippen LogP contribution >= 0.6 is 0 Å². The van der Waals surface area contributed by atoms with Crippen LogP contribution in [0.3, 0.4) is 0 Å². The molecule has 23 nitrogen and oxygen atoms in total. The van der Waals surface area contributed by atoms with Gasteiger partial charge in [-0.3, -0.25) is 0 Å². The Morgan fingerprint density at radius 1 is 0.200 bits per heavy atom. The first kappa shape index (κ1) is 103. The largest absolute Gasteiger partial charge is 0.507 e. The summed E-state index contributed by atoms with van der Waals surface area (Å²) in [4.78, 5) is 0. The molecule has 12 aromatic carbocycles. The van der Waals surface area contributed by atoms with Crippen LogP contribution in [0.5, 0.6) is 63.2 Å². The van der Waals surface area contributed by atoms with Crippen molar-refractivity contribution in [2.24, 2.45) is 0 Å². The Morgan fingerprint density at radius 3 is 0.715 bits per heavy atom. The van der Waals surface area contributed by atoms with E-state index in [4.69, 9.17) is 66.3 Å². The van der Waals surface area contributed by atoms with Crippen LogP contribution in [-0.4, -0.2) is 144 Å². The highest BCUT2D eigenvalue weighted by Gasteiger charge is 2.31. The van der Waals surface area contributed by atoms with Gasteiger partial charge in [0.15, 0.2) is 23.0 Å². The monoisotopic (exact) mass is 1780 g/mol. The smallest absolute Gasteiger partial charge is 0.163 e. The molecule has 694 valence electrons. The van der Waals surface area contributed by atoms with Crippen molar-refractivity contribution in [3.63, 3.8) is 0 Å². The molecule has 0 saturated carbocycles. The Labute approximate surface area is 765 Å². The highest BCUT2D eigenvalue weighted by molar-refractivity contribution is 5.77. The third kappa shape index (κ3) is 27.1. The Balaban J connectivity index is 0.000000204. The van der Waals surface area contributed by atoms with E-state index in [2.05, 4.69) is 39.8 Å². The van der Waals surface area contributed by atoms with E-state index in [-0.39, 0.29) is 78.2 Å². The SMILES string of the molecule is CCOc1cc(-c2cc(COC)c(O)c(COC)c2)cc(COC)c1O.CCOc1cc(C(C)(C)c2cc(COC)c(O)c(COC)c2)cc(COC)c1O.COCc1cc(-c2ccccc2)cc(COC)c1O.COCc1cc(C(C)(C)c2cc(COC)c(O)c(-c3ccccc3)c2)cc(-c2ccccc2)c1O.COCc1cccc(Cc2cccc(COC)c2O)c1O. The molecule has 23 heteroatoms. The third-order valence-electron chi connectivity index (χ3n) is 22.0. The predicted octanol–water partition coefficient (Wildman–Crippen LogP) is 21.2. The molecule has 0 spiro atoms. The zero-order valence-corrected chi connectivity index (χ0v) is 78.1. The molecule has 0 heterocycles. The lowest BCUT2D eigenvalue weighted by molar-refractivity contribution is 0.174. The van der Waals surface area contributed by atoms with E-state index in [1.54, 1.807) is 91.4 Å². The fourth-order valence-corrected chi connectivity index (χ4v) is 15.1. The standard InChI is InChI=1S/C31H32O4.C23H32O6.C20H26O6.C17H20O4.C16H18O3/c1-31(2,25-15-23(19-34-3)29(32)27(17-25)21-11-7-5-8-12-21)26-16-24(20-35-4)30(33)28(18-26)22-13-9-6-10-14-22;1-7-29-20-11-19(10-17(14-28-6)22(20)25)23(2,3)18-8-15(12-26-4)21(24)16(9-18)13-27-5;1-5-26-18-9-14(8-17(12-25-4)20(18)22)13-6-15(10-23-2)19(21)16(7-13)11-24-3;1-20-10-14-7-3-5-12(16(14)18)9-13-6-4-8-15(11-21-2)17(13)19;1-18-10-14-8-13(12-6-4-3-5-7-12)9-15(11-19-2)16(14)17/h5-18,32-33H,19-20H2,1-4H3;8-11,24-25H,7,12-14H2,1-6H3;6-9,21-22H,5,10-12H2,1-4H3;3-8,18-19H,9-11H2,1-2H3;3-9,17H,10-11H2,1-2H3. The summed E-state index contributed by atoms with van der Waals surface area (Å²) in [6.45, 7) is 16.8. The summed E-state index contributed by atoms with van der Waals surface area (Å²) in [6.07, 6.45) is 0.451. The first-order chi connectivity index (χ1) is 62.6. The van der Waals surface area contributed by atoms with Crippen molar-refractivity contribution >= 4 is 0 Å². The van der Waals surface area contributed by atoms with Crippen LogP contribution in [0.1, 0.15) is 142 Å². The summed E-state index contributed by atoms with van der Waals surface area (Å²) in [5.74, 6) is 2.50. The normalized spacial score (nSPS) is 11.2. The number of phenolic OH excluding ortho intramolecular Hbond substituents is 9. The van der Waals surface area contributed by atoms with Crippen LogP contribution in [0.4, 0.5) is 0 Å². The van der Waals surface area contributed by atoms with Gasteiger partial charge >= 0.3 is 0 Å². The van der Waals surface area contributed by atoms with Gasteiger partial charge in [0.1, 0.15) is 40.2 Å². The summed E-state index contributed by atoms with van der Waals surface area (Å²) in [7, 11) is 19.2. The van der Waals surface area contributed by atoms with E-state index < -0.39 is 10.8 Å². The lowest BCUT2D eigenvalue weighted by Gasteiger charge is -2.29. The number of aromatic hydroxyl groups is 9. The van der Waals surface area contributed by atoms with Crippen molar-refractivity contribution in [1.82, 2.24) is 0 Å². The van der Waals surface area contributed by atoms with Gasteiger partial charge in [0.05, 0.1) is 92.5 Å². The lowest BCUT2D eigenvalue weighted by atomic mass is 9.75. The molecule has 0 saturated heterocycles. The van der Waals surface area contributed by atoms with Crippen molar-refractivity contribution in [2.75, 3.05) is 98.5 Å². The van der Waals surface area contributed by atoms with Crippen molar-refractivity contribution in [3.05, 3.63) is 312 Å². The molecule has 0 unspecified atom stereocenters. The summed E-state index contributed by atoms with van der Waals surface area (Å²) >= 11 is 0. The van der Waals surface area contributed by atoms with Crippen LogP contribution < -0.4 is 9.47 Å². The number of benzene rings is 12. The second kappa shape index (κ2) is 51.4. The van der Waals surface area contributed by atoms with Crippen molar-refractivity contribution in [1.29, 1.82) is 0 Å². The molecule has 0 aliphatic heterocycles. The molecule has 0 bridgehead atoms. The van der Waals surface area contributed by atoms with E-state index in [1.165, 1.54) is 0 Å². The molecule has 12 aromatic rings. The predicted molar refractivity (Wildman–Crippen MR) is 506 cm³/mol. The first-order valence-electron chi connectivity index (χ1n) is 42.5. The number of methoxy groups -OCH3 is 12. The van der Waals surface area contributed by atoms with Crippen LogP contribution in [0.2, 0.25) is 0 Å². The average Bonchev–Trinajstić information content (AvgIpc) is 0.773. The highest BCUT2D eigenvalue weighted by Crippen LogP contribution is 2.47. The number of hydrogen-bond acceptors (Lipinski definition) is 23. The molecule has 12 rings (SSSR count). The number of phenols is 9. The summed E-state index contributed by atoms with van der Waals surface area (Å²) < 4.78 is 73.8. The third-order valence-corrected chi connectivity index (χ3v) is 22.0. The van der Waals surface area contributed by atoms with E-state index in [9.17, 15) is 46.0 Å². The van der Waals surface area contributed by atoms with E-state index in [1.807, 2.05) is 208 Å². The van der Waals surface area contributed by atoms with Crippen molar-refractivity contribution in [2.45, 2.75) is 138 Å².